The average molecular weight is 132 g/mol. The number of urea groups is 1. The number of likely N-dealkylation sites (N-methyl/N-ethyl adjacent to an activating group) is 1. The molecule has 1 rings (SSSR count). The maximum atomic E-state index is 10.6. The number of hydroxylamine groups is 2. The van der Waals surface area contributed by atoms with Crippen LogP contribution in [0.25, 0.3) is 0 Å². The third-order valence-electron chi connectivity index (χ3n) is 1.24. The molecule has 52 valence electrons. The molecule has 1 fully saturated rings. The van der Waals surface area contributed by atoms with Crippen molar-refractivity contribution in [3.8, 4) is 0 Å². The minimum atomic E-state index is -1.07. The number of carbonyl (C=O) groups is 1. The summed E-state index contributed by atoms with van der Waals surface area (Å²) in [4.78, 5) is 11.8. The Morgan fingerprint density at radius 2 is 2.33 bits per heavy atom. The number of nitrogens with zero attached hydrogens (tertiary/aromatic N) is 2. The van der Waals surface area contributed by atoms with E-state index in [-0.39, 0.29) is 6.54 Å². The van der Waals surface area contributed by atoms with E-state index in [0.717, 1.165) is 0 Å². The maximum Gasteiger partial charge on any atom is 0.346 e. The minimum absolute atomic E-state index is 0.162. The van der Waals surface area contributed by atoms with Crippen LogP contribution in [0.15, 0.2) is 0 Å². The number of β-amino-alcohol motifs (C(OH)–C–C–N with tert-alkyl or cyclic N) is 1. The van der Waals surface area contributed by atoms with Crippen LogP contribution in [0, 0.1) is 0 Å². The van der Waals surface area contributed by atoms with Gasteiger partial charge in [-0.2, -0.15) is 5.06 Å². The summed E-state index contributed by atoms with van der Waals surface area (Å²) in [5.41, 5.74) is 0. The number of hydrogen-bond acceptors (Lipinski definition) is 3. The summed E-state index contributed by atoms with van der Waals surface area (Å²) in [5, 5.41) is 17.7. The van der Waals surface area contributed by atoms with Crippen molar-refractivity contribution in [2.75, 3.05) is 13.6 Å². The normalized spacial score (nSPS) is 27.9. The van der Waals surface area contributed by atoms with Gasteiger partial charge in [-0.25, -0.2) is 4.79 Å². The van der Waals surface area contributed by atoms with Crippen LogP contribution in [0.4, 0.5) is 4.79 Å². The van der Waals surface area contributed by atoms with Crippen LogP contribution in [-0.4, -0.2) is 46.1 Å². The van der Waals surface area contributed by atoms with E-state index in [0.29, 0.717) is 5.06 Å². The molecule has 0 saturated carbocycles. The summed E-state index contributed by atoms with van der Waals surface area (Å²) in [5.74, 6) is 0. The maximum absolute atomic E-state index is 10.6. The van der Waals surface area contributed by atoms with Gasteiger partial charge in [-0.15, -0.1) is 0 Å². The van der Waals surface area contributed by atoms with Gasteiger partial charge >= 0.3 is 6.03 Å². The van der Waals surface area contributed by atoms with Gasteiger partial charge in [0.25, 0.3) is 0 Å². The number of aliphatic hydroxyl groups excluding tert-OH is 1. The van der Waals surface area contributed by atoms with Crippen molar-refractivity contribution in [1.82, 2.24) is 9.96 Å². The zero-order chi connectivity index (χ0) is 7.02. The number of hydrogen-bond donors (Lipinski definition) is 2. The van der Waals surface area contributed by atoms with Gasteiger partial charge in [-0.3, -0.25) is 5.21 Å². The standard InChI is InChI=1S/C4H8N2O3/c1-5-2-3(7)6(9)4(5)8/h3,7,9H,2H2,1H3. The molecule has 0 aromatic rings. The number of carbonyl (C=O) groups excluding carboxylic acids is 1. The lowest BCUT2D eigenvalue weighted by molar-refractivity contribution is -0.130. The molecule has 9 heavy (non-hydrogen) atoms. The first-order valence-electron chi connectivity index (χ1n) is 2.54. The third-order valence-corrected chi connectivity index (χ3v) is 1.24. The highest BCUT2D eigenvalue weighted by atomic mass is 16.6. The molecular weight excluding hydrogens is 124 g/mol. The molecule has 5 heteroatoms. The second kappa shape index (κ2) is 1.85. The van der Waals surface area contributed by atoms with Crippen LogP contribution in [0.3, 0.4) is 0 Å². The molecular formula is C4H8N2O3. The molecule has 0 aromatic carbocycles. The molecule has 0 aliphatic carbocycles. The van der Waals surface area contributed by atoms with E-state index in [1.54, 1.807) is 0 Å². The van der Waals surface area contributed by atoms with E-state index < -0.39 is 12.3 Å². The van der Waals surface area contributed by atoms with Crippen LogP contribution in [0.5, 0.6) is 0 Å². The predicted molar refractivity (Wildman–Crippen MR) is 27.7 cm³/mol. The van der Waals surface area contributed by atoms with Gasteiger partial charge in [0.2, 0.25) is 0 Å². The molecule has 0 bridgehead atoms. The Morgan fingerprint density at radius 1 is 1.78 bits per heavy atom. The van der Waals surface area contributed by atoms with Crippen molar-refractivity contribution in [2.24, 2.45) is 0 Å². The largest absolute Gasteiger partial charge is 0.370 e. The predicted octanol–water partition coefficient (Wildman–Crippen LogP) is -0.939. The first-order chi connectivity index (χ1) is 4.13. The van der Waals surface area contributed by atoms with Gasteiger partial charge in [0.15, 0.2) is 6.23 Å². The van der Waals surface area contributed by atoms with Crippen LogP contribution >= 0.6 is 0 Å². The van der Waals surface area contributed by atoms with E-state index in [9.17, 15) is 4.79 Å². The smallest absolute Gasteiger partial charge is 0.346 e. The monoisotopic (exact) mass is 132 g/mol. The molecule has 0 spiro atoms. The van der Waals surface area contributed by atoms with E-state index in [4.69, 9.17) is 10.3 Å². The number of aliphatic hydroxyl groups is 1. The molecule has 1 aliphatic rings. The van der Waals surface area contributed by atoms with E-state index in [2.05, 4.69) is 0 Å². The summed E-state index contributed by atoms with van der Waals surface area (Å²) in [6.07, 6.45) is -1.07. The molecule has 2 N–H and O–H groups in total. The Hall–Kier alpha value is -0.810. The van der Waals surface area contributed by atoms with E-state index >= 15 is 0 Å². The second-order valence-corrected chi connectivity index (χ2v) is 1.99. The zero-order valence-corrected chi connectivity index (χ0v) is 4.98. The van der Waals surface area contributed by atoms with Crippen molar-refractivity contribution in [1.29, 1.82) is 0 Å². The highest BCUT2D eigenvalue weighted by molar-refractivity contribution is 5.75. The van der Waals surface area contributed by atoms with Gasteiger partial charge in [0.1, 0.15) is 0 Å². The first kappa shape index (κ1) is 6.31. The van der Waals surface area contributed by atoms with Gasteiger partial charge in [-0.1, -0.05) is 0 Å². The molecule has 1 heterocycles. The molecule has 5 nitrogen and oxygen atoms in total. The summed E-state index contributed by atoms with van der Waals surface area (Å²) >= 11 is 0. The lowest BCUT2D eigenvalue weighted by Crippen LogP contribution is -2.30. The van der Waals surface area contributed by atoms with Gasteiger partial charge in [0, 0.05) is 7.05 Å². The fraction of sp³-hybridized carbons (Fsp3) is 0.750. The SMILES string of the molecule is CN1CC(O)N(O)C1=O. The van der Waals surface area contributed by atoms with Crippen LogP contribution in [0.1, 0.15) is 0 Å². The fourth-order valence-corrected chi connectivity index (χ4v) is 0.703. The highest BCUT2D eigenvalue weighted by Gasteiger charge is 2.32. The van der Waals surface area contributed by atoms with Gasteiger partial charge < -0.3 is 10.0 Å². The van der Waals surface area contributed by atoms with Crippen molar-refractivity contribution >= 4 is 6.03 Å². The molecule has 1 saturated heterocycles. The number of amides is 2. The summed E-state index contributed by atoms with van der Waals surface area (Å²) in [6.45, 7) is 0.162. The van der Waals surface area contributed by atoms with Crippen LogP contribution < -0.4 is 0 Å². The van der Waals surface area contributed by atoms with E-state index in [1.807, 2.05) is 0 Å². The molecule has 2 amide bonds. The Kier molecular flexibility index (Phi) is 1.30. The topological polar surface area (TPSA) is 64.0 Å². The van der Waals surface area contributed by atoms with Gasteiger partial charge in [-0.05, 0) is 0 Å². The Labute approximate surface area is 52.1 Å². The Morgan fingerprint density at radius 3 is 2.44 bits per heavy atom. The van der Waals surface area contributed by atoms with Gasteiger partial charge in [0.05, 0.1) is 6.54 Å². The molecule has 1 aliphatic heterocycles. The summed E-state index contributed by atoms with van der Waals surface area (Å²) < 4.78 is 0. The Balaban J connectivity index is 2.65. The summed E-state index contributed by atoms with van der Waals surface area (Å²) in [7, 11) is 1.50. The van der Waals surface area contributed by atoms with Crippen molar-refractivity contribution in [2.45, 2.75) is 6.23 Å². The van der Waals surface area contributed by atoms with Crippen molar-refractivity contribution in [3.05, 3.63) is 0 Å². The summed E-state index contributed by atoms with van der Waals surface area (Å²) in [6, 6.07) is -0.567. The Bertz CT molecular complexity index is 138. The van der Waals surface area contributed by atoms with Crippen molar-refractivity contribution < 1.29 is 15.1 Å². The van der Waals surface area contributed by atoms with Crippen molar-refractivity contribution in [3.63, 3.8) is 0 Å². The lowest BCUT2D eigenvalue weighted by atomic mass is 10.6. The zero-order valence-electron chi connectivity index (χ0n) is 4.98. The quantitative estimate of drug-likeness (QED) is 0.418. The molecule has 1 unspecified atom stereocenters. The van der Waals surface area contributed by atoms with Crippen LogP contribution in [0.2, 0.25) is 0 Å². The molecule has 0 radical (unpaired) electrons. The lowest BCUT2D eigenvalue weighted by Gasteiger charge is -2.07. The first-order valence-corrected chi connectivity index (χ1v) is 2.54. The third kappa shape index (κ3) is 0.839. The molecule has 1 atom stereocenters. The fourth-order valence-electron chi connectivity index (χ4n) is 0.703. The average Bonchev–Trinajstić information content (AvgIpc) is 1.98. The molecule has 0 aromatic heterocycles. The van der Waals surface area contributed by atoms with Crippen LogP contribution in [-0.2, 0) is 0 Å². The minimum Gasteiger partial charge on any atom is -0.370 e. The highest BCUT2D eigenvalue weighted by Crippen LogP contribution is 2.07. The van der Waals surface area contributed by atoms with E-state index in [1.165, 1.54) is 11.9 Å². The second-order valence-electron chi connectivity index (χ2n) is 1.99. The number of rotatable bonds is 0.